The number of carbonyl (C=O) groups excluding carboxylic acids is 1. The topological polar surface area (TPSA) is 29.1 Å². The number of halogens is 2. The van der Waals surface area contributed by atoms with E-state index in [4.69, 9.17) is 11.6 Å². The highest BCUT2D eigenvalue weighted by atomic mass is 35.5. The molecule has 3 rings (SSSR count). The van der Waals surface area contributed by atoms with E-state index in [2.05, 4.69) is 5.32 Å². The number of carbonyl (C=O) groups is 1. The number of nitrogens with one attached hydrogen (secondary N) is 1. The van der Waals surface area contributed by atoms with Gasteiger partial charge in [0, 0.05) is 5.02 Å². The lowest BCUT2D eigenvalue weighted by Crippen LogP contribution is -2.16. The summed E-state index contributed by atoms with van der Waals surface area (Å²) < 4.78 is 13.8. The lowest BCUT2D eigenvalue weighted by molar-refractivity contribution is -0.113. The van der Waals surface area contributed by atoms with Crippen molar-refractivity contribution >= 4 is 35.0 Å². The Labute approximate surface area is 161 Å². The molecule has 26 heavy (non-hydrogen) atoms. The SMILES string of the molecule is O=C(CSC(c1ccccc1)c1ccccc1)Nc1ccc(Cl)cc1F. The van der Waals surface area contributed by atoms with Crippen molar-refractivity contribution in [1.29, 1.82) is 0 Å². The third-order valence-corrected chi connectivity index (χ3v) is 5.33. The van der Waals surface area contributed by atoms with Crippen molar-refractivity contribution in [2.24, 2.45) is 0 Å². The van der Waals surface area contributed by atoms with Crippen LogP contribution in [0.15, 0.2) is 78.9 Å². The van der Waals surface area contributed by atoms with Gasteiger partial charge in [-0.05, 0) is 29.3 Å². The quantitative estimate of drug-likeness (QED) is 0.568. The van der Waals surface area contributed by atoms with Crippen molar-refractivity contribution < 1.29 is 9.18 Å². The van der Waals surface area contributed by atoms with Gasteiger partial charge in [0.2, 0.25) is 5.91 Å². The van der Waals surface area contributed by atoms with E-state index in [1.165, 1.54) is 23.9 Å². The van der Waals surface area contributed by atoms with Crippen molar-refractivity contribution in [3.8, 4) is 0 Å². The summed E-state index contributed by atoms with van der Waals surface area (Å²) >= 11 is 7.24. The molecule has 132 valence electrons. The van der Waals surface area contributed by atoms with Crippen molar-refractivity contribution in [2.45, 2.75) is 5.25 Å². The van der Waals surface area contributed by atoms with E-state index < -0.39 is 5.82 Å². The van der Waals surface area contributed by atoms with E-state index in [0.29, 0.717) is 5.02 Å². The van der Waals surface area contributed by atoms with Gasteiger partial charge in [-0.3, -0.25) is 4.79 Å². The third kappa shape index (κ3) is 4.87. The second-order valence-corrected chi connectivity index (χ2v) is 7.21. The zero-order chi connectivity index (χ0) is 18.4. The molecule has 3 aromatic rings. The molecule has 0 radical (unpaired) electrons. The first kappa shape index (κ1) is 18.5. The van der Waals surface area contributed by atoms with Crippen molar-refractivity contribution in [3.05, 3.63) is 101 Å². The molecule has 0 unspecified atom stereocenters. The summed E-state index contributed by atoms with van der Waals surface area (Å²) in [6.45, 7) is 0. The molecule has 0 saturated heterocycles. The molecule has 0 heterocycles. The summed E-state index contributed by atoms with van der Waals surface area (Å²) in [7, 11) is 0. The van der Waals surface area contributed by atoms with Crippen molar-refractivity contribution in [3.63, 3.8) is 0 Å². The lowest BCUT2D eigenvalue weighted by Gasteiger charge is -2.17. The van der Waals surface area contributed by atoms with Gasteiger partial charge in [0.05, 0.1) is 16.7 Å². The van der Waals surface area contributed by atoms with Crippen LogP contribution >= 0.6 is 23.4 Å². The summed E-state index contributed by atoms with van der Waals surface area (Å²) in [6.07, 6.45) is 0. The lowest BCUT2D eigenvalue weighted by atomic mass is 10.0. The Morgan fingerprint density at radius 3 is 2.08 bits per heavy atom. The van der Waals surface area contributed by atoms with Gasteiger partial charge < -0.3 is 5.32 Å². The molecule has 0 aliphatic heterocycles. The fourth-order valence-corrected chi connectivity index (χ4v) is 3.82. The van der Waals surface area contributed by atoms with Crippen LogP contribution in [0.3, 0.4) is 0 Å². The smallest absolute Gasteiger partial charge is 0.234 e. The fraction of sp³-hybridized carbons (Fsp3) is 0.0952. The zero-order valence-electron chi connectivity index (χ0n) is 13.9. The molecule has 3 aromatic carbocycles. The number of anilines is 1. The Morgan fingerprint density at radius 1 is 0.962 bits per heavy atom. The second-order valence-electron chi connectivity index (χ2n) is 5.68. The molecule has 0 aromatic heterocycles. The Morgan fingerprint density at radius 2 is 1.54 bits per heavy atom. The molecule has 0 aliphatic carbocycles. The highest BCUT2D eigenvalue weighted by molar-refractivity contribution is 8.00. The fourth-order valence-electron chi connectivity index (χ4n) is 2.58. The first-order chi connectivity index (χ1) is 12.6. The maximum atomic E-state index is 13.8. The normalized spacial score (nSPS) is 10.7. The number of amides is 1. The highest BCUT2D eigenvalue weighted by Gasteiger charge is 2.17. The molecule has 0 fully saturated rings. The van der Waals surface area contributed by atoms with Crippen LogP contribution in [0.2, 0.25) is 5.02 Å². The van der Waals surface area contributed by atoms with E-state index in [1.54, 1.807) is 6.07 Å². The number of thioether (sulfide) groups is 1. The van der Waals surface area contributed by atoms with Crippen LogP contribution < -0.4 is 5.32 Å². The molecule has 2 nitrogen and oxygen atoms in total. The van der Waals surface area contributed by atoms with Gasteiger partial charge in [0.15, 0.2) is 0 Å². The Hall–Kier alpha value is -2.30. The average Bonchev–Trinajstić information content (AvgIpc) is 2.66. The van der Waals surface area contributed by atoms with Crippen molar-refractivity contribution in [2.75, 3.05) is 11.1 Å². The molecule has 0 bridgehead atoms. The number of rotatable bonds is 6. The predicted octanol–water partition coefficient (Wildman–Crippen LogP) is 5.94. The van der Waals surface area contributed by atoms with Crippen LogP contribution in [-0.4, -0.2) is 11.7 Å². The first-order valence-corrected chi connectivity index (χ1v) is 9.52. The van der Waals surface area contributed by atoms with Crippen LogP contribution in [0.4, 0.5) is 10.1 Å². The van der Waals surface area contributed by atoms with Gasteiger partial charge >= 0.3 is 0 Å². The van der Waals surface area contributed by atoms with E-state index in [9.17, 15) is 9.18 Å². The van der Waals surface area contributed by atoms with Crippen LogP contribution in [0.25, 0.3) is 0 Å². The molecule has 0 saturated carbocycles. The molecule has 5 heteroatoms. The standard InChI is InChI=1S/C21H17ClFNOS/c22-17-11-12-19(18(23)13-17)24-20(25)14-26-21(15-7-3-1-4-8-15)16-9-5-2-6-10-16/h1-13,21H,14H2,(H,24,25). The first-order valence-electron chi connectivity index (χ1n) is 8.10. The van der Waals surface area contributed by atoms with Crippen molar-refractivity contribution in [1.82, 2.24) is 0 Å². The van der Waals surface area contributed by atoms with Crippen LogP contribution in [0.1, 0.15) is 16.4 Å². The third-order valence-electron chi connectivity index (χ3n) is 3.79. The number of hydrogen-bond donors (Lipinski definition) is 1. The molecule has 1 N–H and O–H groups in total. The van der Waals surface area contributed by atoms with Gasteiger partial charge in [-0.1, -0.05) is 72.3 Å². The van der Waals surface area contributed by atoms with Gasteiger partial charge in [0.25, 0.3) is 0 Å². The Kier molecular flexibility index (Phi) is 6.31. The molecular formula is C21H17ClFNOS. The molecule has 0 aliphatic rings. The van der Waals surface area contributed by atoms with Crippen LogP contribution in [-0.2, 0) is 4.79 Å². The van der Waals surface area contributed by atoms with E-state index in [-0.39, 0.29) is 22.6 Å². The summed E-state index contributed by atoms with van der Waals surface area (Å²) in [5.74, 6) is -0.595. The minimum atomic E-state index is -0.543. The zero-order valence-corrected chi connectivity index (χ0v) is 15.4. The Balaban J connectivity index is 1.71. The summed E-state index contributed by atoms with van der Waals surface area (Å²) in [5, 5.41) is 2.92. The minimum Gasteiger partial charge on any atom is -0.323 e. The molecule has 0 atom stereocenters. The summed E-state index contributed by atoms with van der Waals surface area (Å²) in [6, 6.07) is 24.2. The predicted molar refractivity (Wildman–Crippen MR) is 107 cm³/mol. The largest absolute Gasteiger partial charge is 0.323 e. The van der Waals surface area contributed by atoms with Crippen LogP contribution in [0.5, 0.6) is 0 Å². The summed E-state index contributed by atoms with van der Waals surface area (Å²) in [4.78, 5) is 12.3. The monoisotopic (exact) mass is 385 g/mol. The average molecular weight is 386 g/mol. The molecule has 1 amide bonds. The highest BCUT2D eigenvalue weighted by Crippen LogP contribution is 2.35. The molecule has 0 spiro atoms. The number of hydrogen-bond acceptors (Lipinski definition) is 2. The maximum Gasteiger partial charge on any atom is 0.234 e. The second kappa shape index (κ2) is 8.88. The van der Waals surface area contributed by atoms with Gasteiger partial charge in [-0.15, -0.1) is 11.8 Å². The maximum absolute atomic E-state index is 13.8. The van der Waals surface area contributed by atoms with Gasteiger partial charge in [0.1, 0.15) is 5.82 Å². The Bertz CT molecular complexity index is 834. The van der Waals surface area contributed by atoms with Gasteiger partial charge in [-0.25, -0.2) is 4.39 Å². The van der Waals surface area contributed by atoms with Crippen LogP contribution in [0, 0.1) is 5.82 Å². The van der Waals surface area contributed by atoms with Gasteiger partial charge in [-0.2, -0.15) is 0 Å². The minimum absolute atomic E-state index is 0.0261. The van der Waals surface area contributed by atoms with E-state index >= 15 is 0 Å². The summed E-state index contributed by atoms with van der Waals surface area (Å²) in [5.41, 5.74) is 2.37. The van der Waals surface area contributed by atoms with E-state index in [1.807, 2.05) is 60.7 Å². The number of benzene rings is 3. The van der Waals surface area contributed by atoms with E-state index in [0.717, 1.165) is 11.1 Å². The molecular weight excluding hydrogens is 369 g/mol.